The average molecular weight is 338 g/mol. The summed E-state index contributed by atoms with van der Waals surface area (Å²) in [6, 6.07) is 2.26. The summed E-state index contributed by atoms with van der Waals surface area (Å²) in [5.74, 6) is -2.36. The van der Waals surface area contributed by atoms with Crippen LogP contribution >= 0.6 is 0 Å². The third kappa shape index (κ3) is 3.76. The summed E-state index contributed by atoms with van der Waals surface area (Å²) in [6.07, 6.45) is -3.02. The molecule has 0 atom stereocenters. The fourth-order valence-corrected chi connectivity index (χ4v) is 2.98. The molecule has 1 N–H and O–H groups in total. The zero-order valence-corrected chi connectivity index (χ0v) is 12.1. The molecule has 122 valence electrons. The number of hydrogen-bond acceptors (Lipinski definition) is 4. The second kappa shape index (κ2) is 6.63. The molecule has 0 aliphatic carbocycles. The Balaban J connectivity index is 2.13. The van der Waals surface area contributed by atoms with Crippen LogP contribution in [0, 0.1) is 5.82 Å². The molecule has 1 heterocycles. The summed E-state index contributed by atoms with van der Waals surface area (Å²) < 4.78 is 69.9. The van der Waals surface area contributed by atoms with E-state index in [0.29, 0.717) is 6.07 Å². The molecule has 0 spiro atoms. The van der Waals surface area contributed by atoms with Gasteiger partial charge in [0.2, 0.25) is 0 Å². The lowest BCUT2D eigenvalue weighted by Gasteiger charge is -2.25. The Bertz CT molecular complexity index is 660. The quantitative estimate of drug-likeness (QED) is 0.891. The number of nitrogens with one attached hydrogen (secondary N) is 1. The Morgan fingerprint density at radius 1 is 1.27 bits per heavy atom. The summed E-state index contributed by atoms with van der Waals surface area (Å²) in [5, 5.41) is 0. The molecule has 10 heteroatoms. The maximum Gasteiger partial charge on any atom is 0.304 e. The number of carbonyl (C=O) groups is 1. The standard InChI is InChI=1S/C12H13F3N2O4S/c13-10-7-8(1-2-9(10)11(14)15)12(18)16-22(19,20)17-3-5-21-6-4-17/h1-2,7,11H,3-6H2,(H,16,18). The van der Waals surface area contributed by atoms with Crippen LogP contribution in [0.1, 0.15) is 22.3 Å². The highest BCUT2D eigenvalue weighted by Gasteiger charge is 2.27. The number of nitrogens with zero attached hydrogens (tertiary/aromatic N) is 1. The third-order valence-corrected chi connectivity index (χ3v) is 4.52. The Labute approximate surface area is 125 Å². The highest BCUT2D eigenvalue weighted by molar-refractivity contribution is 7.87. The number of benzene rings is 1. The van der Waals surface area contributed by atoms with Gasteiger partial charge in [0.25, 0.3) is 12.3 Å². The van der Waals surface area contributed by atoms with Gasteiger partial charge in [0, 0.05) is 18.7 Å². The number of rotatable bonds is 4. The van der Waals surface area contributed by atoms with Crippen molar-refractivity contribution in [2.75, 3.05) is 26.3 Å². The van der Waals surface area contributed by atoms with Crippen molar-refractivity contribution in [2.24, 2.45) is 0 Å². The first-order chi connectivity index (χ1) is 10.3. The number of hydrogen-bond donors (Lipinski definition) is 1. The lowest BCUT2D eigenvalue weighted by atomic mass is 10.1. The molecule has 2 rings (SSSR count). The summed E-state index contributed by atoms with van der Waals surface area (Å²) in [4.78, 5) is 11.8. The Morgan fingerprint density at radius 2 is 1.91 bits per heavy atom. The molecule has 22 heavy (non-hydrogen) atoms. The predicted octanol–water partition coefficient (Wildman–Crippen LogP) is 1.07. The molecule has 0 unspecified atom stereocenters. The number of alkyl halides is 2. The highest BCUT2D eigenvalue weighted by atomic mass is 32.2. The van der Waals surface area contributed by atoms with E-state index in [9.17, 15) is 26.4 Å². The Morgan fingerprint density at radius 3 is 2.45 bits per heavy atom. The van der Waals surface area contributed by atoms with Crippen LogP contribution in [0.15, 0.2) is 18.2 Å². The average Bonchev–Trinajstić information content (AvgIpc) is 2.47. The molecule has 1 aromatic rings. The monoisotopic (exact) mass is 338 g/mol. The van der Waals surface area contributed by atoms with Gasteiger partial charge in [-0.05, 0) is 18.2 Å². The molecule has 0 saturated carbocycles. The zero-order valence-electron chi connectivity index (χ0n) is 11.3. The number of halogens is 3. The molecule has 1 aliphatic heterocycles. The van der Waals surface area contributed by atoms with Gasteiger partial charge in [-0.15, -0.1) is 0 Å². The number of amides is 1. The van der Waals surface area contributed by atoms with Crippen LogP contribution in [0.2, 0.25) is 0 Å². The smallest absolute Gasteiger partial charge is 0.304 e. The maximum absolute atomic E-state index is 13.4. The second-order valence-electron chi connectivity index (χ2n) is 4.48. The second-order valence-corrected chi connectivity index (χ2v) is 6.16. The molecule has 1 aliphatic rings. The minimum atomic E-state index is -4.09. The number of ether oxygens (including phenoxy) is 1. The zero-order chi connectivity index (χ0) is 16.3. The van der Waals surface area contributed by atoms with Crippen molar-refractivity contribution in [3.05, 3.63) is 35.1 Å². The molecular weight excluding hydrogens is 325 g/mol. The van der Waals surface area contributed by atoms with E-state index in [1.165, 1.54) is 0 Å². The summed E-state index contributed by atoms with van der Waals surface area (Å²) in [5.41, 5.74) is -1.22. The van der Waals surface area contributed by atoms with E-state index in [2.05, 4.69) is 0 Å². The van der Waals surface area contributed by atoms with Gasteiger partial charge in [0.1, 0.15) is 5.82 Å². The van der Waals surface area contributed by atoms with E-state index in [0.717, 1.165) is 16.4 Å². The lowest BCUT2D eigenvalue weighted by Crippen LogP contribution is -2.48. The summed E-state index contributed by atoms with van der Waals surface area (Å²) in [7, 11) is -4.09. The van der Waals surface area contributed by atoms with E-state index >= 15 is 0 Å². The Hall–Kier alpha value is -1.65. The molecule has 1 aromatic carbocycles. The molecular formula is C12H13F3N2O4S. The minimum Gasteiger partial charge on any atom is -0.379 e. The molecule has 6 nitrogen and oxygen atoms in total. The highest BCUT2D eigenvalue weighted by Crippen LogP contribution is 2.22. The van der Waals surface area contributed by atoms with E-state index < -0.39 is 33.9 Å². The summed E-state index contributed by atoms with van der Waals surface area (Å²) >= 11 is 0. The number of morpholine rings is 1. The van der Waals surface area contributed by atoms with E-state index in [4.69, 9.17) is 4.74 Å². The van der Waals surface area contributed by atoms with Crippen molar-refractivity contribution in [1.82, 2.24) is 9.03 Å². The third-order valence-electron chi connectivity index (χ3n) is 3.03. The Kier molecular flexibility index (Phi) is 5.04. The fraction of sp³-hybridized carbons (Fsp3) is 0.417. The van der Waals surface area contributed by atoms with E-state index in [-0.39, 0.29) is 31.9 Å². The van der Waals surface area contributed by atoms with Crippen LogP contribution in [0.5, 0.6) is 0 Å². The van der Waals surface area contributed by atoms with Crippen molar-refractivity contribution in [1.29, 1.82) is 0 Å². The normalized spacial score (nSPS) is 16.7. The van der Waals surface area contributed by atoms with Crippen molar-refractivity contribution >= 4 is 16.1 Å². The lowest BCUT2D eigenvalue weighted by molar-refractivity contribution is 0.0719. The van der Waals surface area contributed by atoms with Gasteiger partial charge >= 0.3 is 10.2 Å². The van der Waals surface area contributed by atoms with Gasteiger partial charge in [-0.1, -0.05) is 0 Å². The molecule has 1 amide bonds. The fourth-order valence-electron chi connectivity index (χ4n) is 1.87. The van der Waals surface area contributed by atoms with E-state index in [1.54, 1.807) is 4.72 Å². The van der Waals surface area contributed by atoms with Gasteiger partial charge in [-0.25, -0.2) is 17.9 Å². The molecule has 1 saturated heterocycles. The largest absolute Gasteiger partial charge is 0.379 e. The van der Waals surface area contributed by atoms with Gasteiger partial charge in [0.15, 0.2) is 0 Å². The van der Waals surface area contributed by atoms with Gasteiger partial charge in [0.05, 0.1) is 18.8 Å². The van der Waals surface area contributed by atoms with Gasteiger partial charge in [-0.3, -0.25) is 4.79 Å². The van der Waals surface area contributed by atoms with Crippen molar-refractivity contribution < 1.29 is 31.1 Å². The number of carbonyl (C=O) groups excluding carboxylic acids is 1. The first kappa shape index (κ1) is 16.7. The van der Waals surface area contributed by atoms with Crippen LogP contribution in [0.3, 0.4) is 0 Å². The minimum absolute atomic E-state index is 0.0846. The van der Waals surface area contributed by atoms with Crippen LogP contribution in [-0.2, 0) is 14.9 Å². The van der Waals surface area contributed by atoms with Gasteiger partial charge in [-0.2, -0.15) is 12.7 Å². The van der Waals surface area contributed by atoms with E-state index in [1.807, 2.05) is 0 Å². The van der Waals surface area contributed by atoms with Crippen LogP contribution in [0.4, 0.5) is 13.2 Å². The predicted molar refractivity (Wildman–Crippen MR) is 70.1 cm³/mol. The summed E-state index contributed by atoms with van der Waals surface area (Å²) in [6.45, 7) is 0.572. The van der Waals surface area contributed by atoms with Crippen LogP contribution in [-0.4, -0.2) is 44.9 Å². The van der Waals surface area contributed by atoms with Crippen LogP contribution < -0.4 is 4.72 Å². The first-order valence-electron chi connectivity index (χ1n) is 6.29. The molecule has 0 aromatic heterocycles. The SMILES string of the molecule is O=C(NS(=O)(=O)N1CCOCC1)c1ccc(C(F)F)c(F)c1. The molecule has 1 fully saturated rings. The van der Waals surface area contributed by atoms with Crippen molar-refractivity contribution in [3.63, 3.8) is 0 Å². The molecule has 0 radical (unpaired) electrons. The topological polar surface area (TPSA) is 75.7 Å². The van der Waals surface area contributed by atoms with Crippen molar-refractivity contribution in [3.8, 4) is 0 Å². The first-order valence-corrected chi connectivity index (χ1v) is 7.73. The molecule has 0 bridgehead atoms. The van der Waals surface area contributed by atoms with Gasteiger partial charge < -0.3 is 4.74 Å². The van der Waals surface area contributed by atoms with Crippen molar-refractivity contribution in [2.45, 2.75) is 6.43 Å². The van der Waals surface area contributed by atoms with Crippen LogP contribution in [0.25, 0.3) is 0 Å². The maximum atomic E-state index is 13.4.